The van der Waals surface area contributed by atoms with Crippen molar-refractivity contribution in [2.24, 2.45) is 5.73 Å². The Morgan fingerprint density at radius 3 is 2.50 bits per heavy atom. The number of nitrogens with zero attached hydrogens (tertiary/aromatic N) is 2. The van der Waals surface area contributed by atoms with E-state index in [4.69, 9.17) is 5.73 Å². The summed E-state index contributed by atoms with van der Waals surface area (Å²) in [6.07, 6.45) is 2.50. The first-order valence-corrected chi connectivity index (χ1v) is 4.93. The molecule has 94 valence electrons. The average Bonchev–Trinajstić information content (AvgIpc) is 2.74. The van der Waals surface area contributed by atoms with Gasteiger partial charge in [0.05, 0.1) is 18.3 Å². The number of rotatable bonds is 3. The van der Waals surface area contributed by atoms with Crippen LogP contribution < -0.4 is 5.73 Å². The van der Waals surface area contributed by atoms with Crippen molar-refractivity contribution in [3.63, 3.8) is 0 Å². The van der Waals surface area contributed by atoms with E-state index in [-0.39, 0.29) is 17.7 Å². The van der Waals surface area contributed by atoms with Crippen molar-refractivity contribution < 1.29 is 18.0 Å². The summed E-state index contributed by atoms with van der Waals surface area (Å²) in [6.45, 7) is -0.129. The fraction of sp³-hybridized carbons (Fsp3) is 0.0909. The average molecular weight is 255 g/mol. The molecule has 7 heteroatoms. The Balaban J connectivity index is 2.28. The highest BCUT2D eigenvalue weighted by Gasteiger charge is 2.11. The van der Waals surface area contributed by atoms with Crippen molar-refractivity contribution in [3.05, 3.63) is 53.1 Å². The molecule has 1 aromatic heterocycles. The molecule has 0 atom stereocenters. The lowest BCUT2D eigenvalue weighted by Crippen LogP contribution is -2.10. The summed E-state index contributed by atoms with van der Waals surface area (Å²) in [6, 6.07) is 1.21. The van der Waals surface area contributed by atoms with Crippen molar-refractivity contribution in [2.75, 3.05) is 0 Å². The van der Waals surface area contributed by atoms with E-state index in [0.717, 1.165) is 6.07 Å². The summed E-state index contributed by atoms with van der Waals surface area (Å²) in [7, 11) is 0. The van der Waals surface area contributed by atoms with Crippen LogP contribution in [0.1, 0.15) is 15.9 Å². The van der Waals surface area contributed by atoms with Crippen LogP contribution in [0.2, 0.25) is 0 Å². The molecule has 0 bridgehead atoms. The van der Waals surface area contributed by atoms with Gasteiger partial charge in [-0.25, -0.2) is 13.2 Å². The van der Waals surface area contributed by atoms with Crippen LogP contribution in [0.5, 0.6) is 0 Å². The first kappa shape index (κ1) is 12.2. The quantitative estimate of drug-likeness (QED) is 0.844. The van der Waals surface area contributed by atoms with Crippen molar-refractivity contribution in [1.82, 2.24) is 9.78 Å². The van der Waals surface area contributed by atoms with Gasteiger partial charge in [0.2, 0.25) is 0 Å². The van der Waals surface area contributed by atoms with Crippen LogP contribution in [0.25, 0.3) is 0 Å². The van der Waals surface area contributed by atoms with E-state index in [2.05, 4.69) is 5.10 Å². The molecule has 0 saturated carbocycles. The zero-order valence-electron chi connectivity index (χ0n) is 9.03. The largest absolute Gasteiger partial charge is 0.366 e. The predicted molar refractivity (Wildman–Crippen MR) is 56.2 cm³/mol. The Hall–Kier alpha value is -2.31. The second-order valence-corrected chi connectivity index (χ2v) is 3.65. The fourth-order valence-electron chi connectivity index (χ4n) is 1.44. The minimum absolute atomic E-state index is 0.0759. The highest BCUT2D eigenvalue weighted by atomic mass is 19.2. The third-order valence-electron chi connectivity index (χ3n) is 2.34. The summed E-state index contributed by atoms with van der Waals surface area (Å²) in [4.78, 5) is 10.8. The molecular weight excluding hydrogens is 247 g/mol. The first-order valence-electron chi connectivity index (χ1n) is 4.93. The molecule has 2 aromatic rings. The van der Waals surface area contributed by atoms with E-state index in [0.29, 0.717) is 6.07 Å². The molecule has 0 unspecified atom stereocenters. The molecule has 2 N–H and O–H groups in total. The lowest BCUT2D eigenvalue weighted by Gasteiger charge is -2.04. The number of hydrogen-bond donors (Lipinski definition) is 1. The van der Waals surface area contributed by atoms with Gasteiger partial charge in [0, 0.05) is 17.8 Å². The van der Waals surface area contributed by atoms with E-state index < -0.39 is 23.4 Å². The molecule has 1 aromatic carbocycles. The molecule has 0 aliphatic carbocycles. The Kier molecular flexibility index (Phi) is 3.05. The molecule has 4 nitrogen and oxygen atoms in total. The van der Waals surface area contributed by atoms with Gasteiger partial charge in [0.25, 0.3) is 5.91 Å². The van der Waals surface area contributed by atoms with Crippen molar-refractivity contribution in [3.8, 4) is 0 Å². The smallest absolute Gasteiger partial charge is 0.251 e. The van der Waals surface area contributed by atoms with Gasteiger partial charge in [-0.15, -0.1) is 0 Å². The van der Waals surface area contributed by atoms with Gasteiger partial charge in [0.15, 0.2) is 11.6 Å². The molecule has 1 amide bonds. The minimum Gasteiger partial charge on any atom is -0.366 e. The number of benzene rings is 1. The second-order valence-electron chi connectivity index (χ2n) is 3.65. The Labute approximate surface area is 99.8 Å². The zero-order valence-corrected chi connectivity index (χ0v) is 9.03. The third kappa shape index (κ3) is 2.34. The van der Waals surface area contributed by atoms with Crippen molar-refractivity contribution >= 4 is 5.91 Å². The molecule has 0 saturated heterocycles. The van der Waals surface area contributed by atoms with Crippen LogP contribution in [0.3, 0.4) is 0 Å². The molecule has 0 radical (unpaired) electrons. The molecule has 0 aliphatic heterocycles. The fourth-order valence-corrected chi connectivity index (χ4v) is 1.44. The van der Waals surface area contributed by atoms with Gasteiger partial charge in [-0.2, -0.15) is 5.10 Å². The maximum Gasteiger partial charge on any atom is 0.251 e. The zero-order chi connectivity index (χ0) is 13.3. The van der Waals surface area contributed by atoms with Crippen molar-refractivity contribution in [2.45, 2.75) is 6.54 Å². The van der Waals surface area contributed by atoms with E-state index in [1.165, 1.54) is 17.1 Å². The van der Waals surface area contributed by atoms with Gasteiger partial charge < -0.3 is 5.73 Å². The first-order chi connectivity index (χ1) is 8.47. The normalized spacial score (nSPS) is 10.6. The Morgan fingerprint density at radius 2 is 1.89 bits per heavy atom. The topological polar surface area (TPSA) is 60.9 Å². The molecule has 1 heterocycles. The lowest BCUT2D eigenvalue weighted by molar-refractivity contribution is 0.1000. The summed E-state index contributed by atoms with van der Waals surface area (Å²) >= 11 is 0. The van der Waals surface area contributed by atoms with Crippen molar-refractivity contribution in [1.29, 1.82) is 0 Å². The predicted octanol–water partition coefficient (Wildman–Crippen LogP) is 1.45. The van der Waals surface area contributed by atoms with E-state index in [1.54, 1.807) is 0 Å². The maximum absolute atomic E-state index is 13.3. The highest BCUT2D eigenvalue weighted by molar-refractivity contribution is 5.92. The van der Waals surface area contributed by atoms with Gasteiger partial charge >= 0.3 is 0 Å². The monoisotopic (exact) mass is 255 g/mol. The van der Waals surface area contributed by atoms with Crippen LogP contribution in [-0.2, 0) is 6.54 Å². The SMILES string of the molecule is NC(=O)c1cnn(Cc2cc(F)c(F)cc2F)c1. The van der Waals surface area contributed by atoms with Crippen LogP contribution >= 0.6 is 0 Å². The molecule has 0 spiro atoms. The number of aromatic nitrogens is 2. The minimum atomic E-state index is -1.26. The molecular formula is C11H8F3N3O. The number of halogens is 3. The summed E-state index contributed by atoms with van der Waals surface area (Å²) in [5.74, 6) is -3.96. The number of primary amides is 1. The van der Waals surface area contributed by atoms with Crippen LogP contribution in [0, 0.1) is 17.5 Å². The summed E-state index contributed by atoms with van der Waals surface area (Å²) in [5.41, 5.74) is 5.09. The second kappa shape index (κ2) is 4.52. The van der Waals surface area contributed by atoms with Crippen LogP contribution in [-0.4, -0.2) is 15.7 Å². The number of carbonyl (C=O) groups is 1. The van der Waals surface area contributed by atoms with Crippen LogP contribution in [0.15, 0.2) is 24.5 Å². The number of hydrogen-bond acceptors (Lipinski definition) is 2. The van der Waals surface area contributed by atoms with Gasteiger partial charge in [-0.05, 0) is 6.07 Å². The standard InChI is InChI=1S/C11H8F3N3O/c12-8-2-10(14)9(13)1-6(8)4-17-5-7(3-16-17)11(15)18/h1-3,5H,4H2,(H2,15,18). The van der Waals surface area contributed by atoms with E-state index in [1.807, 2.05) is 0 Å². The Bertz CT molecular complexity index is 610. The molecule has 18 heavy (non-hydrogen) atoms. The number of carbonyl (C=O) groups excluding carboxylic acids is 1. The van der Waals surface area contributed by atoms with E-state index in [9.17, 15) is 18.0 Å². The van der Waals surface area contributed by atoms with E-state index >= 15 is 0 Å². The van der Waals surface area contributed by atoms with Gasteiger partial charge in [-0.3, -0.25) is 9.48 Å². The van der Waals surface area contributed by atoms with Gasteiger partial charge in [0.1, 0.15) is 5.82 Å². The summed E-state index contributed by atoms with van der Waals surface area (Å²) in [5, 5.41) is 3.76. The highest BCUT2D eigenvalue weighted by Crippen LogP contribution is 2.14. The van der Waals surface area contributed by atoms with Gasteiger partial charge in [-0.1, -0.05) is 0 Å². The molecule has 0 aliphatic rings. The number of nitrogens with two attached hydrogens (primary N) is 1. The molecule has 0 fully saturated rings. The van der Waals surface area contributed by atoms with Crippen LogP contribution in [0.4, 0.5) is 13.2 Å². The third-order valence-corrected chi connectivity index (χ3v) is 2.34. The number of amides is 1. The maximum atomic E-state index is 13.3. The molecule has 2 rings (SSSR count). The Morgan fingerprint density at radius 1 is 1.22 bits per heavy atom. The lowest BCUT2D eigenvalue weighted by atomic mass is 10.2. The summed E-state index contributed by atoms with van der Waals surface area (Å²) < 4.78 is 40.2.